The molecule has 1 fully saturated rings. The molecule has 4 heteroatoms. The quantitative estimate of drug-likeness (QED) is 0.317. The summed E-state index contributed by atoms with van der Waals surface area (Å²) in [5, 5.41) is 0. The van der Waals surface area contributed by atoms with E-state index in [-0.39, 0.29) is 22.9 Å². The minimum atomic E-state index is -0.270. The van der Waals surface area contributed by atoms with Gasteiger partial charge >= 0.3 is 0 Å². The minimum Gasteiger partial charge on any atom is -0.497 e. The molecular formula is C31H35FO3. The molecular weight excluding hydrogens is 439 g/mol. The van der Waals surface area contributed by atoms with Gasteiger partial charge in [-0.1, -0.05) is 51.1 Å². The summed E-state index contributed by atoms with van der Waals surface area (Å²) in [6, 6.07) is 19.1. The molecule has 0 unspecified atom stereocenters. The van der Waals surface area contributed by atoms with Gasteiger partial charge in [0.1, 0.15) is 29.7 Å². The van der Waals surface area contributed by atoms with Gasteiger partial charge in [-0.3, -0.25) is 0 Å². The van der Waals surface area contributed by atoms with E-state index in [4.69, 9.17) is 9.47 Å². The maximum Gasteiger partial charge on any atom is 0.131 e. The van der Waals surface area contributed by atoms with E-state index >= 15 is 0 Å². The van der Waals surface area contributed by atoms with Crippen LogP contribution < -0.4 is 9.47 Å². The molecule has 0 aliphatic heterocycles. The molecule has 184 valence electrons. The highest BCUT2D eigenvalue weighted by molar-refractivity contribution is 5.76. The Morgan fingerprint density at radius 2 is 1.77 bits per heavy atom. The highest BCUT2D eigenvalue weighted by Gasteiger charge is 2.33. The van der Waals surface area contributed by atoms with Crippen LogP contribution in [-0.4, -0.2) is 12.9 Å². The van der Waals surface area contributed by atoms with Crippen LogP contribution in [0.15, 0.2) is 60.7 Å². The lowest BCUT2D eigenvalue weighted by Crippen LogP contribution is -2.14. The number of carbonyl (C=O) groups is 1. The normalized spacial score (nSPS) is 14.5. The standard InChI is InChI=1S/C31H35FO3/c1-20(33)15-27(22-10-11-22)23-7-6-8-25(17-23)35-19-21-9-13-26(29(16-21)31(2,3)4)28-18-24(34-5)12-14-30(28)32/h6-9,12-14,16-18,22,27H,10-11,15,19H2,1-5H3/t27-/m0/s1. The summed E-state index contributed by atoms with van der Waals surface area (Å²) in [5.74, 6) is 2.27. The fraction of sp³-hybridized carbons (Fsp3) is 0.387. The summed E-state index contributed by atoms with van der Waals surface area (Å²) in [6.45, 7) is 8.47. The van der Waals surface area contributed by atoms with Crippen molar-refractivity contribution in [3.8, 4) is 22.6 Å². The van der Waals surface area contributed by atoms with Crippen molar-refractivity contribution in [3.05, 3.63) is 83.2 Å². The van der Waals surface area contributed by atoms with Crippen LogP contribution in [0.2, 0.25) is 0 Å². The van der Waals surface area contributed by atoms with Crippen molar-refractivity contribution in [1.82, 2.24) is 0 Å². The number of ether oxygens (including phenoxy) is 2. The number of ketones is 1. The monoisotopic (exact) mass is 474 g/mol. The summed E-state index contributed by atoms with van der Waals surface area (Å²) in [6.07, 6.45) is 2.98. The van der Waals surface area contributed by atoms with Gasteiger partial charge in [-0.25, -0.2) is 4.39 Å². The average molecular weight is 475 g/mol. The molecule has 3 nitrogen and oxygen atoms in total. The first-order valence-corrected chi connectivity index (χ1v) is 12.3. The van der Waals surface area contributed by atoms with Crippen LogP contribution in [0, 0.1) is 11.7 Å². The van der Waals surface area contributed by atoms with Gasteiger partial charge < -0.3 is 14.3 Å². The van der Waals surface area contributed by atoms with Crippen LogP contribution in [0.25, 0.3) is 11.1 Å². The van der Waals surface area contributed by atoms with Crippen molar-refractivity contribution >= 4 is 5.78 Å². The fourth-order valence-corrected chi connectivity index (χ4v) is 4.74. The fourth-order valence-electron chi connectivity index (χ4n) is 4.74. The van der Waals surface area contributed by atoms with Gasteiger partial charge in [-0.05, 0) is 89.6 Å². The van der Waals surface area contributed by atoms with Crippen molar-refractivity contribution in [2.45, 2.75) is 64.9 Å². The molecule has 0 radical (unpaired) electrons. The van der Waals surface area contributed by atoms with Crippen LogP contribution >= 0.6 is 0 Å². The largest absolute Gasteiger partial charge is 0.497 e. The molecule has 0 N–H and O–H groups in total. The van der Waals surface area contributed by atoms with E-state index < -0.39 is 0 Å². The number of Topliss-reactive ketones (excluding diaryl/α,β-unsaturated/α-hetero) is 1. The Kier molecular flexibility index (Phi) is 7.30. The Bertz CT molecular complexity index is 1200. The number of benzene rings is 3. The molecule has 0 saturated heterocycles. The van der Waals surface area contributed by atoms with Crippen LogP contribution in [0.3, 0.4) is 0 Å². The molecule has 0 bridgehead atoms. The first kappa shape index (κ1) is 25.0. The highest BCUT2D eigenvalue weighted by Crippen LogP contribution is 2.45. The number of halogens is 1. The average Bonchev–Trinajstić information content (AvgIpc) is 3.66. The number of rotatable bonds is 9. The summed E-state index contributed by atoms with van der Waals surface area (Å²) in [7, 11) is 1.59. The van der Waals surface area contributed by atoms with E-state index in [2.05, 4.69) is 39.0 Å². The molecule has 3 aromatic rings. The molecule has 1 saturated carbocycles. The van der Waals surface area contributed by atoms with E-state index in [0.717, 1.165) is 22.4 Å². The van der Waals surface area contributed by atoms with Crippen LogP contribution in [0.5, 0.6) is 11.5 Å². The Hall–Kier alpha value is -3.14. The summed E-state index contributed by atoms with van der Waals surface area (Å²) in [4.78, 5) is 11.8. The smallest absolute Gasteiger partial charge is 0.131 e. The van der Waals surface area contributed by atoms with Gasteiger partial charge in [0.2, 0.25) is 0 Å². The van der Waals surface area contributed by atoms with Gasteiger partial charge in [0.15, 0.2) is 0 Å². The summed E-state index contributed by atoms with van der Waals surface area (Å²) < 4.78 is 26.3. The molecule has 0 heterocycles. The third-order valence-corrected chi connectivity index (χ3v) is 6.75. The molecule has 1 aliphatic rings. The molecule has 4 rings (SSSR count). The highest BCUT2D eigenvalue weighted by atomic mass is 19.1. The lowest BCUT2D eigenvalue weighted by molar-refractivity contribution is -0.117. The number of hydrogen-bond donors (Lipinski definition) is 0. The lowest BCUT2D eigenvalue weighted by atomic mass is 9.81. The molecule has 35 heavy (non-hydrogen) atoms. The molecule has 3 aromatic carbocycles. The Morgan fingerprint density at radius 1 is 1.00 bits per heavy atom. The van der Waals surface area contributed by atoms with Crippen molar-refractivity contribution in [3.63, 3.8) is 0 Å². The minimum absolute atomic E-state index is 0.190. The molecule has 0 amide bonds. The van der Waals surface area contributed by atoms with Gasteiger partial charge in [-0.15, -0.1) is 0 Å². The lowest BCUT2D eigenvalue weighted by Gasteiger charge is -2.25. The zero-order valence-corrected chi connectivity index (χ0v) is 21.4. The Morgan fingerprint density at radius 3 is 2.43 bits per heavy atom. The summed E-state index contributed by atoms with van der Waals surface area (Å²) in [5.41, 5.74) is 4.46. The van der Waals surface area contributed by atoms with Gasteiger partial charge in [0.25, 0.3) is 0 Å². The predicted octanol–water partition coefficient (Wildman–Crippen LogP) is 7.85. The second-order valence-corrected chi connectivity index (χ2v) is 10.7. The molecule has 1 atom stereocenters. The van der Waals surface area contributed by atoms with Crippen molar-refractivity contribution < 1.29 is 18.7 Å². The SMILES string of the molecule is COc1ccc(F)c(-c2ccc(COc3cccc([C@@H](CC(C)=O)C4CC4)c3)cc2C(C)(C)C)c1. The zero-order valence-electron chi connectivity index (χ0n) is 21.4. The first-order valence-electron chi connectivity index (χ1n) is 12.3. The topological polar surface area (TPSA) is 35.5 Å². The Labute approximate surface area is 208 Å². The Balaban J connectivity index is 1.58. The van der Waals surface area contributed by atoms with E-state index in [9.17, 15) is 9.18 Å². The third-order valence-electron chi connectivity index (χ3n) is 6.75. The van der Waals surface area contributed by atoms with Gasteiger partial charge in [0.05, 0.1) is 7.11 Å². The number of hydrogen-bond acceptors (Lipinski definition) is 3. The zero-order chi connectivity index (χ0) is 25.2. The molecule has 0 aromatic heterocycles. The third kappa shape index (κ3) is 6.11. The summed E-state index contributed by atoms with van der Waals surface area (Å²) >= 11 is 0. The van der Waals surface area contributed by atoms with Gasteiger partial charge in [0, 0.05) is 12.0 Å². The van der Waals surface area contributed by atoms with E-state index in [0.29, 0.717) is 30.3 Å². The molecule has 1 aliphatic carbocycles. The number of methoxy groups -OCH3 is 1. The van der Waals surface area contributed by atoms with E-state index in [1.165, 1.54) is 24.5 Å². The van der Waals surface area contributed by atoms with Crippen molar-refractivity contribution in [2.75, 3.05) is 7.11 Å². The second-order valence-electron chi connectivity index (χ2n) is 10.7. The van der Waals surface area contributed by atoms with E-state index in [1.807, 2.05) is 24.3 Å². The van der Waals surface area contributed by atoms with E-state index in [1.54, 1.807) is 26.2 Å². The van der Waals surface area contributed by atoms with Crippen molar-refractivity contribution in [2.24, 2.45) is 5.92 Å². The van der Waals surface area contributed by atoms with Gasteiger partial charge in [-0.2, -0.15) is 0 Å². The van der Waals surface area contributed by atoms with Crippen LogP contribution in [0.4, 0.5) is 4.39 Å². The van der Waals surface area contributed by atoms with Crippen molar-refractivity contribution in [1.29, 1.82) is 0 Å². The maximum absolute atomic E-state index is 14.8. The predicted molar refractivity (Wildman–Crippen MR) is 139 cm³/mol. The second kappa shape index (κ2) is 10.2. The first-order chi connectivity index (χ1) is 16.7. The molecule has 0 spiro atoms. The van der Waals surface area contributed by atoms with Crippen LogP contribution in [-0.2, 0) is 16.8 Å². The maximum atomic E-state index is 14.8. The van der Waals surface area contributed by atoms with Crippen LogP contribution in [0.1, 0.15) is 69.6 Å². The number of carbonyl (C=O) groups excluding carboxylic acids is 1.